The molecule has 0 fully saturated rings. The van der Waals surface area contributed by atoms with Crippen LogP contribution in [0.15, 0.2) is 18.5 Å². The number of hydrogen-bond acceptors (Lipinski definition) is 3. The lowest BCUT2D eigenvalue weighted by Crippen LogP contribution is -2.00. The molecule has 3 N–H and O–H groups in total. The van der Waals surface area contributed by atoms with Crippen LogP contribution < -0.4 is 11.1 Å². The largest absolute Gasteiger partial charge is 0.397 e. The van der Waals surface area contributed by atoms with Gasteiger partial charge in [0.1, 0.15) is 0 Å². The van der Waals surface area contributed by atoms with Crippen LogP contribution in [0.3, 0.4) is 0 Å². The topological polar surface area (TPSA) is 50.9 Å². The van der Waals surface area contributed by atoms with Gasteiger partial charge < -0.3 is 11.1 Å². The van der Waals surface area contributed by atoms with Crippen LogP contribution in [0.2, 0.25) is 0 Å². The summed E-state index contributed by atoms with van der Waals surface area (Å²) in [5, 5.41) is 3.09. The molecule has 0 aromatic carbocycles. The lowest BCUT2D eigenvalue weighted by molar-refractivity contribution is 1.19. The van der Waals surface area contributed by atoms with E-state index >= 15 is 0 Å². The SMILES string of the molecule is CCNc1cnccc1N.[HH]. The van der Waals surface area contributed by atoms with Crippen LogP contribution in [0.1, 0.15) is 8.35 Å². The van der Waals surface area contributed by atoms with Crippen LogP contribution >= 0.6 is 0 Å². The van der Waals surface area contributed by atoms with Gasteiger partial charge in [0.25, 0.3) is 0 Å². The molecule has 0 bridgehead atoms. The first-order valence-corrected chi connectivity index (χ1v) is 3.28. The predicted molar refractivity (Wildman–Crippen MR) is 44.9 cm³/mol. The fraction of sp³-hybridized carbons (Fsp3) is 0.286. The number of aromatic nitrogens is 1. The fourth-order valence-corrected chi connectivity index (χ4v) is 0.743. The summed E-state index contributed by atoms with van der Waals surface area (Å²) in [6, 6.07) is 1.78. The van der Waals surface area contributed by atoms with Gasteiger partial charge in [0.05, 0.1) is 17.6 Å². The first-order chi connectivity index (χ1) is 4.84. The summed E-state index contributed by atoms with van der Waals surface area (Å²) >= 11 is 0. The number of rotatable bonds is 2. The van der Waals surface area contributed by atoms with Gasteiger partial charge in [0.15, 0.2) is 0 Å². The van der Waals surface area contributed by atoms with E-state index in [4.69, 9.17) is 5.73 Å². The molecular weight excluding hydrogens is 126 g/mol. The van der Waals surface area contributed by atoms with E-state index in [1.165, 1.54) is 0 Å². The van der Waals surface area contributed by atoms with Gasteiger partial charge in [-0.15, -0.1) is 0 Å². The minimum Gasteiger partial charge on any atom is -0.397 e. The second kappa shape index (κ2) is 3.06. The van der Waals surface area contributed by atoms with E-state index in [9.17, 15) is 0 Å². The van der Waals surface area contributed by atoms with Crippen molar-refractivity contribution >= 4 is 11.4 Å². The Morgan fingerprint density at radius 1 is 1.80 bits per heavy atom. The zero-order valence-corrected chi connectivity index (χ0v) is 5.96. The number of pyridine rings is 1. The molecule has 0 spiro atoms. The predicted octanol–water partition coefficient (Wildman–Crippen LogP) is 1.34. The summed E-state index contributed by atoms with van der Waals surface area (Å²) in [5.74, 6) is 0. The second-order valence-electron chi connectivity index (χ2n) is 1.99. The highest BCUT2D eigenvalue weighted by Gasteiger charge is 1.92. The Hall–Kier alpha value is -1.25. The summed E-state index contributed by atoms with van der Waals surface area (Å²) < 4.78 is 0. The van der Waals surface area contributed by atoms with Crippen LogP contribution in [0.4, 0.5) is 11.4 Å². The molecule has 10 heavy (non-hydrogen) atoms. The number of hydrogen-bond donors (Lipinski definition) is 2. The number of anilines is 2. The van der Waals surface area contributed by atoms with Gasteiger partial charge in [-0.05, 0) is 13.0 Å². The van der Waals surface area contributed by atoms with E-state index < -0.39 is 0 Å². The lowest BCUT2D eigenvalue weighted by atomic mass is 10.3. The maximum atomic E-state index is 5.60. The summed E-state index contributed by atoms with van der Waals surface area (Å²) in [5.41, 5.74) is 7.26. The summed E-state index contributed by atoms with van der Waals surface area (Å²) in [6.45, 7) is 2.89. The Bertz CT molecular complexity index is 215. The van der Waals surface area contributed by atoms with E-state index in [2.05, 4.69) is 10.3 Å². The zero-order chi connectivity index (χ0) is 7.40. The Labute approximate surface area is 61.8 Å². The summed E-state index contributed by atoms with van der Waals surface area (Å²) in [7, 11) is 0. The molecular formula is C7H13N3. The standard InChI is InChI=1S/C7H11N3.H2/c1-2-10-7-5-9-4-3-6(7)8;/h3-5,10H,2H2,1H3,(H2,8,9);1H. The van der Waals surface area contributed by atoms with Crippen LogP contribution in [-0.4, -0.2) is 11.5 Å². The van der Waals surface area contributed by atoms with E-state index in [-0.39, 0.29) is 1.43 Å². The molecule has 0 aliphatic rings. The highest BCUT2D eigenvalue weighted by atomic mass is 14.9. The lowest BCUT2D eigenvalue weighted by Gasteiger charge is -2.03. The molecule has 0 aliphatic heterocycles. The molecule has 0 atom stereocenters. The fourth-order valence-electron chi connectivity index (χ4n) is 0.743. The third-order valence-electron chi connectivity index (χ3n) is 1.22. The molecule has 56 valence electrons. The van der Waals surface area contributed by atoms with Gasteiger partial charge in [-0.3, -0.25) is 4.98 Å². The monoisotopic (exact) mass is 139 g/mol. The van der Waals surface area contributed by atoms with Crippen molar-refractivity contribution < 1.29 is 1.43 Å². The molecule has 3 heteroatoms. The van der Waals surface area contributed by atoms with Gasteiger partial charge in [-0.25, -0.2) is 0 Å². The Morgan fingerprint density at radius 3 is 3.20 bits per heavy atom. The zero-order valence-electron chi connectivity index (χ0n) is 5.96. The number of nitrogen functional groups attached to an aromatic ring is 1. The van der Waals surface area contributed by atoms with Gasteiger partial charge >= 0.3 is 0 Å². The van der Waals surface area contributed by atoms with Gasteiger partial charge in [-0.1, -0.05) is 0 Å². The average molecular weight is 139 g/mol. The molecule has 0 unspecified atom stereocenters. The molecule has 0 saturated carbocycles. The van der Waals surface area contributed by atoms with Crippen LogP contribution in [0.5, 0.6) is 0 Å². The molecule has 3 nitrogen and oxygen atoms in total. The van der Waals surface area contributed by atoms with E-state index in [1.807, 2.05) is 6.92 Å². The van der Waals surface area contributed by atoms with Crippen LogP contribution in [0, 0.1) is 0 Å². The molecule has 0 amide bonds. The highest BCUT2D eigenvalue weighted by Crippen LogP contribution is 2.13. The maximum Gasteiger partial charge on any atom is 0.0760 e. The van der Waals surface area contributed by atoms with Crippen molar-refractivity contribution in [3.05, 3.63) is 18.5 Å². The maximum absolute atomic E-state index is 5.60. The molecule has 1 aromatic rings. The first kappa shape index (κ1) is 6.86. The Morgan fingerprint density at radius 2 is 2.60 bits per heavy atom. The molecule has 1 heterocycles. The second-order valence-corrected chi connectivity index (χ2v) is 1.99. The van der Waals surface area contributed by atoms with E-state index in [1.54, 1.807) is 18.5 Å². The van der Waals surface area contributed by atoms with Gasteiger partial charge in [0, 0.05) is 14.2 Å². The van der Waals surface area contributed by atoms with Crippen LogP contribution in [0.25, 0.3) is 0 Å². The van der Waals surface area contributed by atoms with E-state index in [0.717, 1.165) is 17.9 Å². The number of nitrogens with zero attached hydrogens (tertiary/aromatic N) is 1. The van der Waals surface area contributed by atoms with Crippen molar-refractivity contribution in [1.82, 2.24) is 4.98 Å². The molecule has 1 rings (SSSR count). The van der Waals surface area contributed by atoms with Crippen molar-refractivity contribution in [2.24, 2.45) is 0 Å². The molecule has 0 saturated heterocycles. The summed E-state index contributed by atoms with van der Waals surface area (Å²) in [4.78, 5) is 3.92. The molecule has 0 aliphatic carbocycles. The molecule has 0 radical (unpaired) electrons. The number of nitrogens with one attached hydrogen (secondary N) is 1. The smallest absolute Gasteiger partial charge is 0.0760 e. The third kappa shape index (κ3) is 1.37. The summed E-state index contributed by atoms with van der Waals surface area (Å²) in [6.07, 6.45) is 3.40. The number of nitrogens with two attached hydrogens (primary N) is 1. The van der Waals surface area contributed by atoms with Crippen molar-refractivity contribution in [2.75, 3.05) is 17.6 Å². The Balaban J connectivity index is 0.000001000. The highest BCUT2D eigenvalue weighted by molar-refractivity contribution is 5.63. The van der Waals surface area contributed by atoms with E-state index in [0.29, 0.717) is 0 Å². The van der Waals surface area contributed by atoms with Gasteiger partial charge in [-0.2, -0.15) is 0 Å². The Kier molecular flexibility index (Phi) is 2.10. The van der Waals surface area contributed by atoms with Gasteiger partial charge in [0.2, 0.25) is 0 Å². The van der Waals surface area contributed by atoms with Crippen LogP contribution in [-0.2, 0) is 0 Å². The first-order valence-electron chi connectivity index (χ1n) is 3.28. The van der Waals surface area contributed by atoms with Crippen molar-refractivity contribution in [3.63, 3.8) is 0 Å². The minimum absolute atomic E-state index is 0. The van der Waals surface area contributed by atoms with Crippen molar-refractivity contribution in [1.29, 1.82) is 0 Å². The minimum atomic E-state index is 0. The quantitative estimate of drug-likeness (QED) is 0.650. The van der Waals surface area contributed by atoms with Crippen molar-refractivity contribution in [3.8, 4) is 0 Å². The molecule has 1 aromatic heterocycles. The average Bonchev–Trinajstić information content (AvgIpc) is 1.94. The normalized spacial score (nSPS) is 9.30. The van der Waals surface area contributed by atoms with Crippen molar-refractivity contribution in [2.45, 2.75) is 6.92 Å². The third-order valence-corrected chi connectivity index (χ3v) is 1.22.